The molecule has 2 amide bonds. The summed E-state index contributed by atoms with van der Waals surface area (Å²) in [5.74, 6) is 1.55. The SMILES string of the molecule is CCCc1nc(N2CCN(C(=O)Nc3ccc(Cl)cc3)CC2)c2c(-c3ccccc3)noc2n1. The van der Waals surface area contributed by atoms with E-state index in [1.165, 1.54) is 0 Å². The number of carbonyl (C=O) groups excluding carboxylic acids is 1. The normalized spacial score (nSPS) is 13.9. The molecule has 3 heterocycles. The predicted octanol–water partition coefficient (Wildman–Crippen LogP) is 5.24. The number of aryl methyl sites for hydroxylation is 1. The minimum atomic E-state index is -0.128. The molecule has 9 heteroatoms. The number of nitrogens with one attached hydrogen (secondary N) is 1. The van der Waals surface area contributed by atoms with Gasteiger partial charge in [0.25, 0.3) is 5.71 Å². The smallest absolute Gasteiger partial charge is 0.321 e. The van der Waals surface area contributed by atoms with Crippen LogP contribution in [0.2, 0.25) is 5.02 Å². The highest BCUT2D eigenvalue weighted by Crippen LogP contribution is 2.34. The first-order valence-corrected chi connectivity index (χ1v) is 11.8. The highest BCUT2D eigenvalue weighted by atomic mass is 35.5. The fourth-order valence-electron chi connectivity index (χ4n) is 4.09. The third-order valence-corrected chi connectivity index (χ3v) is 6.10. The van der Waals surface area contributed by atoms with Gasteiger partial charge < -0.3 is 19.6 Å². The van der Waals surface area contributed by atoms with Gasteiger partial charge in [0.2, 0.25) is 0 Å². The maximum Gasteiger partial charge on any atom is 0.321 e. The lowest BCUT2D eigenvalue weighted by molar-refractivity contribution is 0.208. The van der Waals surface area contributed by atoms with Gasteiger partial charge in [0.1, 0.15) is 22.7 Å². The van der Waals surface area contributed by atoms with Crippen molar-refractivity contribution in [3.8, 4) is 11.3 Å². The minimum Gasteiger partial charge on any atom is -0.352 e. The van der Waals surface area contributed by atoms with Crippen LogP contribution in [0.4, 0.5) is 16.3 Å². The number of halogens is 1. The Balaban J connectivity index is 1.39. The van der Waals surface area contributed by atoms with Crippen LogP contribution in [-0.4, -0.2) is 52.2 Å². The van der Waals surface area contributed by atoms with E-state index in [4.69, 9.17) is 21.1 Å². The van der Waals surface area contributed by atoms with Gasteiger partial charge in [-0.3, -0.25) is 0 Å². The van der Waals surface area contributed by atoms with Crippen LogP contribution in [-0.2, 0) is 6.42 Å². The molecule has 1 saturated heterocycles. The second-order valence-corrected chi connectivity index (χ2v) is 8.64. The Labute approximate surface area is 202 Å². The number of hydrogen-bond acceptors (Lipinski definition) is 6. The Bertz CT molecular complexity index is 1280. The average Bonchev–Trinajstić information content (AvgIpc) is 3.30. The number of carbonyl (C=O) groups is 1. The lowest BCUT2D eigenvalue weighted by Crippen LogP contribution is -2.50. The number of benzene rings is 2. The lowest BCUT2D eigenvalue weighted by Gasteiger charge is -2.35. The van der Waals surface area contributed by atoms with E-state index in [2.05, 4.69) is 27.3 Å². The zero-order valence-electron chi connectivity index (χ0n) is 18.9. The van der Waals surface area contributed by atoms with Crippen molar-refractivity contribution < 1.29 is 9.32 Å². The third kappa shape index (κ3) is 4.54. The van der Waals surface area contributed by atoms with Crippen LogP contribution in [0.5, 0.6) is 0 Å². The molecule has 1 N–H and O–H groups in total. The first-order valence-electron chi connectivity index (χ1n) is 11.4. The summed E-state index contributed by atoms with van der Waals surface area (Å²) in [5, 5.41) is 8.71. The number of aromatic nitrogens is 3. The molecule has 0 spiro atoms. The molecule has 1 aliphatic rings. The molecule has 34 heavy (non-hydrogen) atoms. The van der Waals surface area contributed by atoms with E-state index in [1.54, 1.807) is 24.3 Å². The first kappa shape index (κ1) is 22.2. The number of rotatable bonds is 5. The Morgan fingerprint density at radius 2 is 1.76 bits per heavy atom. The van der Waals surface area contributed by atoms with Gasteiger partial charge in [0, 0.05) is 48.9 Å². The maximum atomic E-state index is 12.8. The molecule has 0 aliphatic carbocycles. The Kier molecular flexibility index (Phi) is 6.31. The van der Waals surface area contributed by atoms with Crippen molar-refractivity contribution in [2.45, 2.75) is 19.8 Å². The fraction of sp³-hybridized carbons (Fsp3) is 0.280. The van der Waals surface area contributed by atoms with Crippen LogP contribution in [0.25, 0.3) is 22.4 Å². The zero-order valence-corrected chi connectivity index (χ0v) is 19.6. The minimum absolute atomic E-state index is 0.128. The van der Waals surface area contributed by atoms with E-state index in [-0.39, 0.29) is 6.03 Å². The quantitative estimate of drug-likeness (QED) is 0.423. The highest BCUT2D eigenvalue weighted by molar-refractivity contribution is 6.30. The molecule has 0 radical (unpaired) electrons. The molecule has 0 unspecified atom stereocenters. The number of piperazine rings is 1. The Morgan fingerprint density at radius 3 is 2.47 bits per heavy atom. The van der Waals surface area contributed by atoms with Gasteiger partial charge in [-0.1, -0.05) is 54.0 Å². The summed E-state index contributed by atoms with van der Waals surface area (Å²) in [7, 11) is 0. The van der Waals surface area contributed by atoms with Crippen molar-refractivity contribution in [2.75, 3.05) is 36.4 Å². The molecule has 4 aromatic rings. The van der Waals surface area contributed by atoms with Crippen LogP contribution < -0.4 is 10.2 Å². The zero-order chi connectivity index (χ0) is 23.5. The van der Waals surface area contributed by atoms with Crippen LogP contribution in [0, 0.1) is 0 Å². The fourth-order valence-corrected chi connectivity index (χ4v) is 4.22. The molecule has 174 valence electrons. The summed E-state index contributed by atoms with van der Waals surface area (Å²) in [6.45, 7) is 4.53. The molecule has 1 fully saturated rings. The van der Waals surface area contributed by atoms with Crippen LogP contribution in [0.15, 0.2) is 59.1 Å². The average molecular weight is 477 g/mol. The predicted molar refractivity (Wildman–Crippen MR) is 133 cm³/mol. The molecule has 2 aromatic carbocycles. The molecule has 8 nitrogen and oxygen atoms in total. The standard InChI is InChI=1S/C25H25ClN6O2/c1-2-6-20-28-23(21-22(30-34-24(21)29-20)17-7-4-3-5-8-17)31-13-15-32(16-14-31)25(33)27-19-11-9-18(26)10-12-19/h3-5,7-12H,2,6,13-16H2,1H3,(H,27,33). The second-order valence-electron chi connectivity index (χ2n) is 8.20. The Hall–Kier alpha value is -3.65. The molecule has 2 aromatic heterocycles. The van der Waals surface area contributed by atoms with E-state index >= 15 is 0 Å². The number of hydrogen-bond donors (Lipinski definition) is 1. The number of amides is 2. The van der Waals surface area contributed by atoms with E-state index in [9.17, 15) is 4.79 Å². The van der Waals surface area contributed by atoms with Gasteiger partial charge in [-0.15, -0.1) is 0 Å². The van der Waals surface area contributed by atoms with Gasteiger partial charge >= 0.3 is 6.03 Å². The monoisotopic (exact) mass is 476 g/mol. The maximum absolute atomic E-state index is 12.8. The van der Waals surface area contributed by atoms with Crippen LogP contribution in [0.3, 0.4) is 0 Å². The summed E-state index contributed by atoms with van der Waals surface area (Å²) in [6, 6.07) is 16.9. The summed E-state index contributed by atoms with van der Waals surface area (Å²) < 4.78 is 5.64. The summed E-state index contributed by atoms with van der Waals surface area (Å²) in [4.78, 5) is 26.3. The first-order chi connectivity index (χ1) is 16.6. The van der Waals surface area contributed by atoms with E-state index in [1.807, 2.05) is 35.2 Å². The lowest BCUT2D eigenvalue weighted by atomic mass is 10.1. The van der Waals surface area contributed by atoms with Crippen molar-refractivity contribution in [2.24, 2.45) is 0 Å². The summed E-state index contributed by atoms with van der Waals surface area (Å²) in [5.41, 5.74) is 2.90. The molecule has 0 saturated carbocycles. The van der Waals surface area contributed by atoms with Gasteiger partial charge in [0.15, 0.2) is 0 Å². The number of anilines is 2. The Morgan fingerprint density at radius 1 is 1.03 bits per heavy atom. The van der Waals surface area contributed by atoms with Crippen molar-refractivity contribution in [3.63, 3.8) is 0 Å². The highest BCUT2D eigenvalue weighted by Gasteiger charge is 2.27. The van der Waals surface area contributed by atoms with Crippen molar-refractivity contribution in [1.29, 1.82) is 0 Å². The van der Waals surface area contributed by atoms with E-state index in [0.29, 0.717) is 36.9 Å². The van der Waals surface area contributed by atoms with Crippen molar-refractivity contribution in [1.82, 2.24) is 20.0 Å². The number of nitrogens with zero attached hydrogens (tertiary/aromatic N) is 5. The van der Waals surface area contributed by atoms with Crippen LogP contribution in [0.1, 0.15) is 19.2 Å². The van der Waals surface area contributed by atoms with E-state index in [0.717, 1.165) is 46.8 Å². The van der Waals surface area contributed by atoms with E-state index < -0.39 is 0 Å². The third-order valence-electron chi connectivity index (χ3n) is 5.85. The number of urea groups is 1. The summed E-state index contributed by atoms with van der Waals surface area (Å²) in [6.07, 6.45) is 1.69. The van der Waals surface area contributed by atoms with Gasteiger partial charge in [-0.05, 0) is 30.7 Å². The van der Waals surface area contributed by atoms with Gasteiger partial charge in [-0.2, -0.15) is 4.98 Å². The molecular weight excluding hydrogens is 452 g/mol. The summed E-state index contributed by atoms with van der Waals surface area (Å²) >= 11 is 5.94. The van der Waals surface area contributed by atoms with Crippen molar-refractivity contribution >= 4 is 40.2 Å². The second kappa shape index (κ2) is 9.69. The molecule has 1 aliphatic heterocycles. The molecular formula is C25H25ClN6O2. The van der Waals surface area contributed by atoms with Crippen molar-refractivity contribution in [3.05, 3.63) is 65.4 Å². The molecule has 5 rings (SSSR count). The van der Waals surface area contributed by atoms with Gasteiger partial charge in [-0.25, -0.2) is 9.78 Å². The number of fused-ring (bicyclic) bond motifs is 1. The largest absolute Gasteiger partial charge is 0.352 e. The topological polar surface area (TPSA) is 87.4 Å². The molecule has 0 atom stereocenters. The molecule has 0 bridgehead atoms. The van der Waals surface area contributed by atoms with Crippen LogP contribution >= 0.6 is 11.6 Å². The van der Waals surface area contributed by atoms with Gasteiger partial charge in [0.05, 0.1) is 0 Å².